The molecule has 0 bridgehead atoms. The summed E-state index contributed by atoms with van der Waals surface area (Å²) in [6, 6.07) is 4.16. The highest BCUT2D eigenvalue weighted by molar-refractivity contribution is 5.13. The van der Waals surface area contributed by atoms with Crippen LogP contribution < -0.4 is 5.73 Å². The number of rotatable bonds is 1. The second kappa shape index (κ2) is 2.23. The zero-order valence-electron chi connectivity index (χ0n) is 5.81. The molecule has 0 amide bonds. The lowest BCUT2D eigenvalue weighted by molar-refractivity contribution is 0.786. The molecule has 1 aromatic rings. The van der Waals surface area contributed by atoms with Gasteiger partial charge in [-0.3, -0.25) is 0 Å². The highest BCUT2D eigenvalue weighted by Gasteiger charge is 1.98. The van der Waals surface area contributed by atoms with E-state index in [1.807, 2.05) is 26.0 Å². The summed E-state index contributed by atoms with van der Waals surface area (Å²) in [5, 5.41) is 0. The second-order valence-electron chi connectivity index (χ2n) is 2.39. The van der Waals surface area contributed by atoms with E-state index in [2.05, 4.69) is 4.98 Å². The predicted molar refractivity (Wildman–Crippen MR) is 38.1 cm³/mol. The standard InChI is InChI=1S/C7H12N2/c1-5-3-4-7(9-5)6(2)8/h3-4,6,9H,8H2,1-2H3/t6-/m0/s1. The first-order valence-electron chi connectivity index (χ1n) is 3.11. The van der Waals surface area contributed by atoms with Gasteiger partial charge in [-0.2, -0.15) is 0 Å². The Morgan fingerprint density at radius 3 is 2.44 bits per heavy atom. The molecule has 1 rings (SSSR count). The number of hydrogen-bond acceptors (Lipinski definition) is 1. The molecule has 2 nitrogen and oxygen atoms in total. The van der Waals surface area contributed by atoms with E-state index >= 15 is 0 Å². The lowest BCUT2D eigenvalue weighted by Gasteiger charge is -1.98. The first-order chi connectivity index (χ1) is 4.20. The lowest BCUT2D eigenvalue weighted by Crippen LogP contribution is -2.04. The third-order valence-corrected chi connectivity index (χ3v) is 1.34. The van der Waals surface area contributed by atoms with Crippen molar-refractivity contribution in [1.29, 1.82) is 0 Å². The molecule has 9 heavy (non-hydrogen) atoms. The first kappa shape index (κ1) is 6.36. The third kappa shape index (κ3) is 1.33. The van der Waals surface area contributed by atoms with Crippen molar-refractivity contribution in [2.45, 2.75) is 19.9 Å². The van der Waals surface area contributed by atoms with Crippen LogP contribution in [0, 0.1) is 6.92 Å². The molecule has 3 N–H and O–H groups in total. The van der Waals surface area contributed by atoms with Crippen LogP contribution in [0.1, 0.15) is 24.4 Å². The van der Waals surface area contributed by atoms with Crippen LogP contribution in [0.25, 0.3) is 0 Å². The molecule has 0 saturated carbocycles. The summed E-state index contributed by atoms with van der Waals surface area (Å²) in [5.74, 6) is 0. The zero-order valence-corrected chi connectivity index (χ0v) is 5.81. The molecule has 0 aliphatic carbocycles. The van der Waals surface area contributed by atoms with Crippen molar-refractivity contribution >= 4 is 0 Å². The molecule has 0 aromatic carbocycles. The third-order valence-electron chi connectivity index (χ3n) is 1.34. The summed E-state index contributed by atoms with van der Waals surface area (Å²) in [7, 11) is 0. The summed E-state index contributed by atoms with van der Waals surface area (Å²) in [6.45, 7) is 3.98. The Labute approximate surface area is 55.1 Å². The molecule has 1 heterocycles. The Bertz CT molecular complexity index is 189. The highest BCUT2D eigenvalue weighted by atomic mass is 14.8. The van der Waals surface area contributed by atoms with Gasteiger partial charge in [-0.1, -0.05) is 0 Å². The lowest BCUT2D eigenvalue weighted by atomic mass is 10.3. The number of nitrogens with two attached hydrogens (primary N) is 1. The van der Waals surface area contributed by atoms with E-state index in [0.717, 1.165) is 5.69 Å². The maximum absolute atomic E-state index is 5.60. The number of H-pyrrole nitrogens is 1. The summed E-state index contributed by atoms with van der Waals surface area (Å²) in [5.41, 5.74) is 7.87. The Kier molecular flexibility index (Phi) is 1.58. The van der Waals surface area contributed by atoms with Crippen molar-refractivity contribution in [3.8, 4) is 0 Å². The molecule has 0 saturated heterocycles. The maximum Gasteiger partial charge on any atom is 0.0419 e. The van der Waals surface area contributed by atoms with Crippen molar-refractivity contribution in [3.63, 3.8) is 0 Å². The van der Waals surface area contributed by atoms with Crippen LogP contribution in [0.5, 0.6) is 0 Å². The number of hydrogen-bond donors (Lipinski definition) is 2. The van der Waals surface area contributed by atoms with E-state index in [1.165, 1.54) is 5.69 Å². The van der Waals surface area contributed by atoms with Crippen LogP contribution in [0.15, 0.2) is 12.1 Å². The van der Waals surface area contributed by atoms with Gasteiger partial charge in [0.15, 0.2) is 0 Å². The van der Waals surface area contributed by atoms with Crippen LogP contribution >= 0.6 is 0 Å². The molecule has 2 heteroatoms. The Morgan fingerprint density at radius 1 is 1.56 bits per heavy atom. The van der Waals surface area contributed by atoms with Crippen LogP contribution in [0.4, 0.5) is 0 Å². The monoisotopic (exact) mass is 124 g/mol. The minimum atomic E-state index is 0.124. The number of aromatic nitrogens is 1. The fourth-order valence-electron chi connectivity index (χ4n) is 0.791. The molecule has 0 fully saturated rings. The SMILES string of the molecule is Cc1ccc([C@H](C)N)[nH]1. The van der Waals surface area contributed by atoms with Crippen LogP contribution in [0.3, 0.4) is 0 Å². The smallest absolute Gasteiger partial charge is 0.0419 e. The Morgan fingerprint density at radius 2 is 2.22 bits per heavy atom. The van der Waals surface area contributed by atoms with Gasteiger partial charge in [0.1, 0.15) is 0 Å². The average Bonchev–Trinajstić information content (AvgIpc) is 2.14. The minimum absolute atomic E-state index is 0.124. The summed E-state index contributed by atoms with van der Waals surface area (Å²) < 4.78 is 0. The van der Waals surface area contributed by atoms with E-state index < -0.39 is 0 Å². The van der Waals surface area contributed by atoms with Crippen molar-refractivity contribution in [2.75, 3.05) is 0 Å². The van der Waals surface area contributed by atoms with Gasteiger partial charge in [0, 0.05) is 17.4 Å². The summed E-state index contributed by atoms with van der Waals surface area (Å²) in [4.78, 5) is 3.15. The van der Waals surface area contributed by atoms with E-state index in [0.29, 0.717) is 0 Å². The van der Waals surface area contributed by atoms with Crippen LogP contribution in [0.2, 0.25) is 0 Å². The molecule has 1 aromatic heterocycles. The van der Waals surface area contributed by atoms with Crippen molar-refractivity contribution in [3.05, 3.63) is 23.5 Å². The number of aromatic amines is 1. The average molecular weight is 124 g/mol. The van der Waals surface area contributed by atoms with Crippen molar-refractivity contribution in [1.82, 2.24) is 4.98 Å². The summed E-state index contributed by atoms with van der Waals surface area (Å²) in [6.07, 6.45) is 0. The van der Waals surface area contributed by atoms with Crippen molar-refractivity contribution < 1.29 is 0 Å². The normalized spacial score (nSPS) is 13.7. The molecule has 1 atom stereocenters. The molecule has 0 aliphatic heterocycles. The fraction of sp³-hybridized carbons (Fsp3) is 0.429. The molecule has 50 valence electrons. The quantitative estimate of drug-likeness (QED) is 0.583. The maximum atomic E-state index is 5.60. The van der Waals surface area contributed by atoms with Crippen LogP contribution in [-0.4, -0.2) is 4.98 Å². The molecule has 0 radical (unpaired) electrons. The van der Waals surface area contributed by atoms with Gasteiger partial charge in [0.2, 0.25) is 0 Å². The number of aryl methyl sites for hydroxylation is 1. The van der Waals surface area contributed by atoms with Gasteiger partial charge in [-0.15, -0.1) is 0 Å². The Hall–Kier alpha value is -0.760. The van der Waals surface area contributed by atoms with Crippen molar-refractivity contribution in [2.24, 2.45) is 5.73 Å². The van der Waals surface area contributed by atoms with E-state index in [-0.39, 0.29) is 6.04 Å². The highest BCUT2D eigenvalue weighted by Crippen LogP contribution is 2.07. The minimum Gasteiger partial charge on any atom is -0.361 e. The predicted octanol–water partition coefficient (Wildman–Crippen LogP) is 1.34. The molecule has 0 unspecified atom stereocenters. The van der Waals surface area contributed by atoms with Gasteiger partial charge in [-0.25, -0.2) is 0 Å². The largest absolute Gasteiger partial charge is 0.361 e. The van der Waals surface area contributed by atoms with E-state index in [4.69, 9.17) is 5.73 Å². The zero-order chi connectivity index (χ0) is 6.85. The number of nitrogens with one attached hydrogen (secondary N) is 1. The van der Waals surface area contributed by atoms with Crippen LogP contribution in [-0.2, 0) is 0 Å². The molecule has 0 spiro atoms. The van der Waals surface area contributed by atoms with Gasteiger partial charge in [-0.05, 0) is 26.0 Å². The van der Waals surface area contributed by atoms with E-state index in [1.54, 1.807) is 0 Å². The summed E-state index contributed by atoms with van der Waals surface area (Å²) >= 11 is 0. The molecule has 0 aliphatic rings. The molecular weight excluding hydrogens is 112 g/mol. The van der Waals surface area contributed by atoms with E-state index in [9.17, 15) is 0 Å². The Balaban J connectivity index is 2.85. The van der Waals surface area contributed by atoms with Gasteiger partial charge < -0.3 is 10.7 Å². The van der Waals surface area contributed by atoms with Gasteiger partial charge in [0.05, 0.1) is 0 Å². The fourth-order valence-corrected chi connectivity index (χ4v) is 0.791. The first-order valence-corrected chi connectivity index (χ1v) is 3.11. The van der Waals surface area contributed by atoms with Gasteiger partial charge in [0.25, 0.3) is 0 Å². The molecular formula is C7H12N2. The second-order valence-corrected chi connectivity index (χ2v) is 2.39. The topological polar surface area (TPSA) is 41.8 Å². The van der Waals surface area contributed by atoms with Gasteiger partial charge >= 0.3 is 0 Å².